The fraction of sp³-hybridized carbons (Fsp3) is 0.929. The highest BCUT2D eigenvalue weighted by atomic mass is 16.2. The van der Waals surface area contributed by atoms with Gasteiger partial charge in [0.15, 0.2) is 0 Å². The molecule has 3 atom stereocenters. The SMILES string of the molecule is CCCC1NC(C)N(C(C)C(CC)CC)C1=O. The molecule has 0 aliphatic carbocycles. The molecule has 0 spiro atoms. The second-order valence-electron chi connectivity index (χ2n) is 5.25. The molecule has 0 saturated carbocycles. The molecule has 1 fully saturated rings. The van der Waals surface area contributed by atoms with Crippen LogP contribution in [0.3, 0.4) is 0 Å². The van der Waals surface area contributed by atoms with Gasteiger partial charge in [-0.05, 0) is 26.2 Å². The van der Waals surface area contributed by atoms with Crippen LogP contribution in [-0.2, 0) is 4.79 Å². The highest BCUT2D eigenvalue weighted by Gasteiger charge is 2.39. The third kappa shape index (κ3) is 3.01. The summed E-state index contributed by atoms with van der Waals surface area (Å²) in [5.74, 6) is 0.919. The van der Waals surface area contributed by atoms with Crippen molar-refractivity contribution in [2.24, 2.45) is 5.92 Å². The van der Waals surface area contributed by atoms with Gasteiger partial charge >= 0.3 is 0 Å². The third-order valence-electron chi connectivity index (χ3n) is 4.16. The van der Waals surface area contributed by atoms with E-state index in [4.69, 9.17) is 0 Å². The number of hydrogen-bond acceptors (Lipinski definition) is 2. The first-order chi connectivity index (χ1) is 8.06. The molecular formula is C14H28N2O. The fourth-order valence-corrected chi connectivity index (χ4v) is 3.06. The van der Waals surface area contributed by atoms with Gasteiger partial charge in [-0.3, -0.25) is 10.1 Å². The van der Waals surface area contributed by atoms with Gasteiger partial charge in [-0.15, -0.1) is 0 Å². The fourth-order valence-electron chi connectivity index (χ4n) is 3.06. The Balaban J connectivity index is 2.73. The van der Waals surface area contributed by atoms with E-state index in [0.29, 0.717) is 17.9 Å². The molecule has 3 unspecified atom stereocenters. The highest BCUT2D eigenvalue weighted by Crippen LogP contribution is 2.24. The van der Waals surface area contributed by atoms with E-state index < -0.39 is 0 Å². The van der Waals surface area contributed by atoms with Crippen molar-refractivity contribution in [2.45, 2.75) is 78.6 Å². The molecule has 100 valence electrons. The molecule has 0 aromatic heterocycles. The van der Waals surface area contributed by atoms with Crippen molar-refractivity contribution in [3.63, 3.8) is 0 Å². The molecule has 1 aliphatic heterocycles. The first kappa shape index (κ1) is 14.5. The van der Waals surface area contributed by atoms with Crippen molar-refractivity contribution in [1.29, 1.82) is 0 Å². The van der Waals surface area contributed by atoms with Crippen LogP contribution in [0.15, 0.2) is 0 Å². The number of rotatable bonds is 6. The van der Waals surface area contributed by atoms with Crippen molar-refractivity contribution in [2.75, 3.05) is 0 Å². The van der Waals surface area contributed by atoms with Crippen molar-refractivity contribution in [3.05, 3.63) is 0 Å². The van der Waals surface area contributed by atoms with E-state index >= 15 is 0 Å². The molecule has 1 heterocycles. The molecule has 1 saturated heterocycles. The smallest absolute Gasteiger partial charge is 0.241 e. The van der Waals surface area contributed by atoms with Crippen LogP contribution < -0.4 is 5.32 Å². The summed E-state index contributed by atoms with van der Waals surface area (Å²) in [6.07, 6.45) is 4.49. The minimum absolute atomic E-state index is 0.0480. The molecule has 1 amide bonds. The Morgan fingerprint density at radius 1 is 1.29 bits per heavy atom. The van der Waals surface area contributed by atoms with E-state index in [1.807, 2.05) is 0 Å². The lowest BCUT2D eigenvalue weighted by atomic mass is 9.94. The summed E-state index contributed by atoms with van der Waals surface area (Å²) >= 11 is 0. The first-order valence-electron chi connectivity index (χ1n) is 7.14. The minimum Gasteiger partial charge on any atom is -0.323 e. The average Bonchev–Trinajstić information content (AvgIpc) is 2.56. The van der Waals surface area contributed by atoms with Gasteiger partial charge in [0.05, 0.1) is 12.2 Å². The molecule has 0 bridgehead atoms. The third-order valence-corrected chi connectivity index (χ3v) is 4.16. The second kappa shape index (κ2) is 6.39. The quantitative estimate of drug-likeness (QED) is 0.774. The Bertz CT molecular complexity index is 251. The summed E-state index contributed by atoms with van der Waals surface area (Å²) in [6.45, 7) is 10.9. The number of carbonyl (C=O) groups is 1. The molecule has 0 aromatic carbocycles. The van der Waals surface area contributed by atoms with Gasteiger partial charge in [0.1, 0.15) is 0 Å². The monoisotopic (exact) mass is 240 g/mol. The predicted octanol–water partition coefficient (Wildman–Crippen LogP) is 2.76. The summed E-state index contributed by atoms with van der Waals surface area (Å²) in [5.41, 5.74) is 0. The Hall–Kier alpha value is -0.570. The Morgan fingerprint density at radius 3 is 2.35 bits per heavy atom. The molecule has 3 heteroatoms. The highest BCUT2D eigenvalue weighted by molar-refractivity contribution is 5.84. The number of amides is 1. The average molecular weight is 240 g/mol. The maximum absolute atomic E-state index is 12.3. The molecule has 1 aliphatic rings. The summed E-state index contributed by atoms with van der Waals surface area (Å²) in [7, 11) is 0. The molecule has 1 rings (SSSR count). The summed E-state index contributed by atoms with van der Waals surface area (Å²) in [5, 5.41) is 3.41. The van der Waals surface area contributed by atoms with E-state index in [9.17, 15) is 4.79 Å². The lowest BCUT2D eigenvalue weighted by molar-refractivity contribution is -0.133. The molecule has 1 N–H and O–H groups in total. The number of nitrogens with one attached hydrogen (secondary N) is 1. The summed E-state index contributed by atoms with van der Waals surface area (Å²) in [6, 6.07) is 0.397. The summed E-state index contributed by atoms with van der Waals surface area (Å²) in [4.78, 5) is 14.4. The van der Waals surface area contributed by atoms with Gasteiger partial charge in [0, 0.05) is 6.04 Å². The van der Waals surface area contributed by atoms with Crippen molar-refractivity contribution >= 4 is 5.91 Å². The van der Waals surface area contributed by atoms with Crippen molar-refractivity contribution in [3.8, 4) is 0 Å². The zero-order valence-corrected chi connectivity index (χ0v) is 12.0. The van der Waals surface area contributed by atoms with E-state index in [0.717, 1.165) is 25.7 Å². The van der Waals surface area contributed by atoms with Crippen LogP contribution in [0.25, 0.3) is 0 Å². The van der Waals surface area contributed by atoms with E-state index in [1.165, 1.54) is 0 Å². The maximum Gasteiger partial charge on any atom is 0.241 e. The van der Waals surface area contributed by atoms with Crippen molar-refractivity contribution in [1.82, 2.24) is 10.2 Å². The zero-order chi connectivity index (χ0) is 13.0. The Kier molecular flexibility index (Phi) is 5.44. The number of hydrogen-bond donors (Lipinski definition) is 1. The van der Waals surface area contributed by atoms with Gasteiger partial charge in [-0.1, -0.05) is 40.0 Å². The lowest BCUT2D eigenvalue weighted by Gasteiger charge is -2.33. The van der Waals surface area contributed by atoms with Gasteiger partial charge in [-0.25, -0.2) is 0 Å². The molecule has 17 heavy (non-hydrogen) atoms. The molecule has 3 nitrogen and oxygen atoms in total. The van der Waals surface area contributed by atoms with Gasteiger partial charge in [-0.2, -0.15) is 0 Å². The van der Waals surface area contributed by atoms with Crippen LogP contribution in [0.4, 0.5) is 0 Å². The van der Waals surface area contributed by atoms with Crippen LogP contribution >= 0.6 is 0 Å². The topological polar surface area (TPSA) is 32.3 Å². The normalized spacial score (nSPS) is 26.9. The maximum atomic E-state index is 12.3. The molecule has 0 aromatic rings. The number of carbonyl (C=O) groups excluding carboxylic acids is 1. The van der Waals surface area contributed by atoms with Gasteiger partial charge in [0.25, 0.3) is 0 Å². The van der Waals surface area contributed by atoms with Crippen LogP contribution in [-0.4, -0.2) is 29.1 Å². The van der Waals surface area contributed by atoms with Gasteiger partial charge in [0.2, 0.25) is 5.91 Å². The Morgan fingerprint density at radius 2 is 1.88 bits per heavy atom. The molecule has 0 radical (unpaired) electrons. The largest absolute Gasteiger partial charge is 0.323 e. The van der Waals surface area contributed by atoms with Crippen LogP contribution in [0.5, 0.6) is 0 Å². The van der Waals surface area contributed by atoms with Crippen molar-refractivity contribution < 1.29 is 4.79 Å². The standard InChI is InChI=1S/C14H28N2O/c1-6-9-13-14(17)16(11(5)15-13)10(4)12(7-2)8-3/h10-13,15H,6-9H2,1-5H3. The molecular weight excluding hydrogens is 212 g/mol. The van der Waals surface area contributed by atoms with Crippen LogP contribution in [0.1, 0.15) is 60.3 Å². The minimum atomic E-state index is 0.0480. The Labute approximate surface area is 106 Å². The first-order valence-corrected chi connectivity index (χ1v) is 7.14. The number of nitrogens with zero attached hydrogens (tertiary/aromatic N) is 1. The second-order valence-corrected chi connectivity index (χ2v) is 5.25. The van der Waals surface area contributed by atoms with Crippen LogP contribution in [0.2, 0.25) is 0 Å². The van der Waals surface area contributed by atoms with Crippen LogP contribution in [0, 0.1) is 5.92 Å². The van der Waals surface area contributed by atoms with Gasteiger partial charge < -0.3 is 4.90 Å². The van der Waals surface area contributed by atoms with E-state index in [-0.39, 0.29) is 12.2 Å². The lowest BCUT2D eigenvalue weighted by Crippen LogP contribution is -2.45. The predicted molar refractivity (Wildman–Crippen MR) is 71.7 cm³/mol. The zero-order valence-electron chi connectivity index (χ0n) is 12.0. The summed E-state index contributed by atoms with van der Waals surface area (Å²) < 4.78 is 0. The van der Waals surface area contributed by atoms with E-state index in [1.54, 1.807) is 0 Å². The van der Waals surface area contributed by atoms with E-state index in [2.05, 4.69) is 44.8 Å².